The van der Waals surface area contributed by atoms with Crippen molar-refractivity contribution < 1.29 is 32.6 Å². The predicted molar refractivity (Wildman–Crippen MR) is 149 cm³/mol. The van der Waals surface area contributed by atoms with Gasteiger partial charge in [-0.25, -0.2) is 9.78 Å². The molecule has 8 nitrogen and oxygen atoms in total. The highest BCUT2D eigenvalue weighted by atomic mass is 19.4. The topological polar surface area (TPSA) is 108 Å². The molecule has 0 saturated carbocycles. The summed E-state index contributed by atoms with van der Waals surface area (Å²) in [4.78, 5) is 35.0. The third-order valence-corrected chi connectivity index (χ3v) is 7.49. The van der Waals surface area contributed by atoms with Gasteiger partial charge in [-0.15, -0.1) is 0 Å². The van der Waals surface area contributed by atoms with Crippen molar-refractivity contribution in [3.63, 3.8) is 0 Å². The molecule has 1 fully saturated rings. The molecule has 2 atom stereocenters. The zero-order valence-corrected chi connectivity index (χ0v) is 24.2. The number of likely N-dealkylation sites (tertiary alicyclic amines) is 1. The number of hydrogen-bond acceptors (Lipinski definition) is 5. The number of carbonyl (C=O) groups excluding carboxylic acids is 2. The van der Waals surface area contributed by atoms with Crippen LogP contribution < -0.4 is 5.32 Å². The van der Waals surface area contributed by atoms with E-state index in [2.05, 4.69) is 15.3 Å². The molecule has 2 amide bonds. The molecule has 1 aromatic carbocycles. The summed E-state index contributed by atoms with van der Waals surface area (Å²) in [5.41, 5.74) is 1.31. The summed E-state index contributed by atoms with van der Waals surface area (Å²) in [6.07, 6.45) is -0.161. The number of amides is 2. The molecule has 1 saturated heterocycles. The lowest BCUT2D eigenvalue weighted by Gasteiger charge is -2.31. The minimum Gasteiger partial charge on any atom is -0.444 e. The normalized spacial score (nSPS) is 17.5. The lowest BCUT2D eigenvalue weighted by Crippen LogP contribution is -2.54. The van der Waals surface area contributed by atoms with E-state index in [4.69, 9.17) is 4.74 Å². The van der Waals surface area contributed by atoms with Crippen LogP contribution in [0.5, 0.6) is 0 Å². The Bertz CT molecular complexity index is 1460. The molecule has 41 heavy (non-hydrogen) atoms. The van der Waals surface area contributed by atoms with Crippen molar-refractivity contribution in [3.05, 3.63) is 52.8 Å². The Morgan fingerprint density at radius 2 is 1.88 bits per heavy atom. The standard InChI is InChI=1S/C30H37F3N4O4/c1-7-18-11-19(20-13-21-17(2)14-34-25(21)35-15-20)12-22(23(18)16-36-26(38)29(6,40)30(31,32)33)24-9-8-10-37(24)27(39)41-28(3,4)5/h11-15,24,40H,7-10,16H2,1-6H3,(H,34,35)(H,36,38)/t24-,29?/m0/s1. The highest BCUT2D eigenvalue weighted by Crippen LogP contribution is 2.39. The second kappa shape index (κ2) is 11.0. The number of nitrogens with zero attached hydrogens (tertiary/aromatic N) is 2. The quantitative estimate of drug-likeness (QED) is 0.330. The lowest BCUT2D eigenvalue weighted by molar-refractivity contribution is -0.245. The number of rotatable bonds is 6. The van der Waals surface area contributed by atoms with Crippen LogP contribution in [0, 0.1) is 6.92 Å². The minimum absolute atomic E-state index is 0.253. The third-order valence-electron chi connectivity index (χ3n) is 7.49. The molecule has 3 heterocycles. The number of carbonyl (C=O) groups is 2. The lowest BCUT2D eigenvalue weighted by atomic mass is 9.88. The maximum Gasteiger partial charge on any atom is 0.426 e. The van der Waals surface area contributed by atoms with Crippen molar-refractivity contribution in [3.8, 4) is 11.1 Å². The van der Waals surface area contributed by atoms with Crippen molar-refractivity contribution in [1.29, 1.82) is 0 Å². The molecule has 3 aromatic rings. The first-order chi connectivity index (χ1) is 19.0. The summed E-state index contributed by atoms with van der Waals surface area (Å²) in [5.74, 6) is -1.55. The van der Waals surface area contributed by atoms with Crippen molar-refractivity contribution >= 4 is 23.0 Å². The maximum atomic E-state index is 13.3. The van der Waals surface area contributed by atoms with Crippen molar-refractivity contribution in [2.75, 3.05) is 6.54 Å². The van der Waals surface area contributed by atoms with Gasteiger partial charge in [0, 0.05) is 36.4 Å². The molecule has 1 aliphatic rings. The highest BCUT2D eigenvalue weighted by Gasteiger charge is 2.55. The Labute approximate surface area is 237 Å². The molecule has 0 aliphatic carbocycles. The van der Waals surface area contributed by atoms with Crippen LogP contribution >= 0.6 is 0 Å². The summed E-state index contributed by atoms with van der Waals surface area (Å²) in [5, 5.41) is 13.2. The molecule has 2 aromatic heterocycles. The fourth-order valence-corrected chi connectivity index (χ4v) is 5.14. The van der Waals surface area contributed by atoms with E-state index >= 15 is 0 Å². The molecule has 4 rings (SSSR count). The number of hydrogen-bond donors (Lipinski definition) is 3. The summed E-state index contributed by atoms with van der Waals surface area (Å²) in [6, 6.07) is 5.45. The van der Waals surface area contributed by atoms with Gasteiger partial charge in [-0.1, -0.05) is 13.0 Å². The SMILES string of the molecule is CCc1cc(-c2cnc3[nH]cc(C)c3c2)cc([C@@H]2CCCN2C(=O)OC(C)(C)C)c1CNC(=O)C(C)(O)C(F)(F)F. The van der Waals surface area contributed by atoms with Gasteiger partial charge in [0.2, 0.25) is 5.60 Å². The number of benzene rings is 1. The number of nitrogens with one attached hydrogen (secondary N) is 2. The molecule has 0 bridgehead atoms. The molecule has 0 spiro atoms. The van der Waals surface area contributed by atoms with E-state index in [0.29, 0.717) is 43.9 Å². The first-order valence-electron chi connectivity index (χ1n) is 13.7. The van der Waals surface area contributed by atoms with Crippen LogP contribution in [0.25, 0.3) is 22.2 Å². The number of aryl methyl sites for hydroxylation is 2. The van der Waals surface area contributed by atoms with Gasteiger partial charge in [-0.2, -0.15) is 13.2 Å². The molecule has 0 radical (unpaired) electrons. The van der Waals surface area contributed by atoms with Gasteiger partial charge >= 0.3 is 12.3 Å². The number of fused-ring (bicyclic) bond motifs is 1. The van der Waals surface area contributed by atoms with Crippen molar-refractivity contribution in [2.24, 2.45) is 0 Å². The molecule has 1 unspecified atom stereocenters. The molecule has 11 heteroatoms. The average Bonchev–Trinajstić information content (AvgIpc) is 3.52. The summed E-state index contributed by atoms with van der Waals surface area (Å²) < 4.78 is 45.7. The Kier molecular flexibility index (Phi) is 8.14. The third kappa shape index (κ3) is 6.19. The van der Waals surface area contributed by atoms with Gasteiger partial charge in [-0.3, -0.25) is 4.79 Å². The second-order valence-electron chi connectivity index (χ2n) is 11.7. The van der Waals surface area contributed by atoms with E-state index in [0.717, 1.165) is 33.3 Å². The van der Waals surface area contributed by atoms with Gasteiger partial charge in [0.05, 0.1) is 6.04 Å². The van der Waals surface area contributed by atoms with E-state index in [1.165, 1.54) is 0 Å². The van der Waals surface area contributed by atoms with Crippen LogP contribution in [0.3, 0.4) is 0 Å². The molecule has 3 N–H and O–H groups in total. The maximum absolute atomic E-state index is 13.3. The summed E-state index contributed by atoms with van der Waals surface area (Å²) >= 11 is 0. The second-order valence-corrected chi connectivity index (χ2v) is 11.7. The molecular formula is C30H37F3N4O4. The number of aliphatic hydroxyl groups is 1. The number of alkyl halides is 3. The van der Waals surface area contributed by atoms with Crippen LogP contribution in [0.2, 0.25) is 0 Å². The molecule has 222 valence electrons. The smallest absolute Gasteiger partial charge is 0.426 e. The Hall–Kier alpha value is -3.60. The first-order valence-corrected chi connectivity index (χ1v) is 13.7. The van der Waals surface area contributed by atoms with Crippen LogP contribution in [-0.2, 0) is 22.5 Å². The Morgan fingerprint density at radius 1 is 1.17 bits per heavy atom. The van der Waals surface area contributed by atoms with Crippen LogP contribution in [-0.4, -0.2) is 55.9 Å². The van der Waals surface area contributed by atoms with E-state index in [1.54, 1.807) is 31.9 Å². The van der Waals surface area contributed by atoms with Gasteiger partial charge in [0.25, 0.3) is 5.91 Å². The fraction of sp³-hybridized carbons (Fsp3) is 0.500. The van der Waals surface area contributed by atoms with E-state index in [1.807, 2.05) is 38.2 Å². The van der Waals surface area contributed by atoms with Gasteiger partial charge in [0.15, 0.2) is 0 Å². The van der Waals surface area contributed by atoms with Gasteiger partial charge < -0.3 is 25.0 Å². The summed E-state index contributed by atoms with van der Waals surface area (Å²) in [7, 11) is 0. The van der Waals surface area contributed by atoms with E-state index < -0.39 is 35.4 Å². The average molecular weight is 575 g/mol. The fourth-order valence-electron chi connectivity index (χ4n) is 5.14. The molecule has 1 aliphatic heterocycles. The zero-order chi connectivity index (χ0) is 30.3. The Balaban J connectivity index is 1.81. The predicted octanol–water partition coefficient (Wildman–Crippen LogP) is 6.10. The minimum atomic E-state index is -5.14. The number of ether oxygens (including phenoxy) is 1. The summed E-state index contributed by atoms with van der Waals surface area (Å²) in [6.45, 7) is 9.87. The largest absolute Gasteiger partial charge is 0.444 e. The number of pyridine rings is 1. The van der Waals surface area contributed by atoms with E-state index in [9.17, 15) is 27.9 Å². The number of aromatic amines is 1. The van der Waals surface area contributed by atoms with Crippen molar-refractivity contribution in [2.45, 2.75) is 90.8 Å². The highest BCUT2D eigenvalue weighted by molar-refractivity contribution is 5.86. The van der Waals surface area contributed by atoms with Gasteiger partial charge in [0.1, 0.15) is 11.2 Å². The van der Waals surface area contributed by atoms with Crippen molar-refractivity contribution in [1.82, 2.24) is 20.2 Å². The first kappa shape index (κ1) is 30.4. The van der Waals surface area contributed by atoms with E-state index in [-0.39, 0.29) is 6.54 Å². The van der Waals surface area contributed by atoms with Crippen LogP contribution in [0.1, 0.15) is 75.8 Å². The van der Waals surface area contributed by atoms with Crippen LogP contribution in [0.15, 0.2) is 30.6 Å². The number of H-pyrrole nitrogens is 1. The number of halogens is 3. The number of aromatic nitrogens is 2. The van der Waals surface area contributed by atoms with Crippen LogP contribution in [0.4, 0.5) is 18.0 Å². The Morgan fingerprint density at radius 3 is 2.51 bits per heavy atom. The van der Waals surface area contributed by atoms with Gasteiger partial charge in [-0.05, 0) is 93.8 Å². The zero-order valence-electron chi connectivity index (χ0n) is 24.2. The monoisotopic (exact) mass is 574 g/mol. The molecular weight excluding hydrogens is 537 g/mol.